The van der Waals surface area contributed by atoms with Crippen molar-refractivity contribution >= 4 is 17.5 Å². The van der Waals surface area contributed by atoms with E-state index < -0.39 is 17.4 Å². The van der Waals surface area contributed by atoms with Crippen LogP contribution in [0.5, 0.6) is 11.5 Å². The summed E-state index contributed by atoms with van der Waals surface area (Å²) in [4.78, 5) is 25.0. The van der Waals surface area contributed by atoms with Crippen LogP contribution in [0.4, 0.5) is 5.69 Å². The van der Waals surface area contributed by atoms with Gasteiger partial charge in [-0.25, -0.2) is 0 Å². The molecular weight excluding hydrogens is 320 g/mol. The molecule has 0 aliphatic carbocycles. The molecule has 6 nitrogen and oxygen atoms in total. The lowest BCUT2D eigenvalue weighted by molar-refractivity contribution is -0.146. The number of carbonyl (C=O) groups excluding carboxylic acids is 2. The van der Waals surface area contributed by atoms with E-state index in [1.807, 2.05) is 43.3 Å². The van der Waals surface area contributed by atoms with Gasteiger partial charge in [0.25, 0.3) is 17.4 Å². The van der Waals surface area contributed by atoms with Crippen LogP contribution >= 0.6 is 0 Å². The predicted octanol–water partition coefficient (Wildman–Crippen LogP) is 2.41. The van der Waals surface area contributed by atoms with Crippen molar-refractivity contribution in [3.05, 3.63) is 53.6 Å². The number of carbonyl (C=O) groups is 2. The first kappa shape index (κ1) is 16.8. The second-order valence-corrected chi connectivity index (χ2v) is 6.12. The molecule has 2 amide bonds. The van der Waals surface area contributed by atoms with Crippen LogP contribution in [0, 0.1) is 6.92 Å². The first-order valence-corrected chi connectivity index (χ1v) is 7.95. The van der Waals surface area contributed by atoms with Crippen molar-refractivity contribution in [2.45, 2.75) is 26.0 Å². The number of rotatable bonds is 4. The minimum Gasteiger partial charge on any atom is -0.497 e. The Morgan fingerprint density at radius 1 is 1.24 bits per heavy atom. The van der Waals surface area contributed by atoms with Gasteiger partial charge in [-0.15, -0.1) is 0 Å². The molecule has 2 N–H and O–H groups in total. The van der Waals surface area contributed by atoms with Gasteiger partial charge >= 0.3 is 0 Å². The minimum absolute atomic E-state index is 0.288. The summed E-state index contributed by atoms with van der Waals surface area (Å²) in [6.45, 7) is 3.67. The second-order valence-electron chi connectivity index (χ2n) is 6.12. The lowest BCUT2D eigenvalue weighted by Gasteiger charge is -2.33. The molecule has 0 saturated heterocycles. The Labute approximate surface area is 146 Å². The molecule has 3 rings (SSSR count). The Hall–Kier alpha value is -3.02. The van der Waals surface area contributed by atoms with Gasteiger partial charge in [-0.1, -0.05) is 18.2 Å². The van der Waals surface area contributed by atoms with Crippen LogP contribution < -0.4 is 20.1 Å². The fourth-order valence-electron chi connectivity index (χ4n) is 2.58. The number of fused-ring (bicyclic) bond motifs is 1. The fourth-order valence-corrected chi connectivity index (χ4v) is 2.58. The number of benzene rings is 2. The highest BCUT2D eigenvalue weighted by Crippen LogP contribution is 2.34. The zero-order valence-corrected chi connectivity index (χ0v) is 14.4. The highest BCUT2D eigenvalue weighted by atomic mass is 16.5. The number of nitrogens with one attached hydrogen (secondary N) is 2. The molecule has 2 aromatic carbocycles. The van der Waals surface area contributed by atoms with Gasteiger partial charge < -0.3 is 20.1 Å². The third-order valence-corrected chi connectivity index (χ3v) is 4.18. The molecule has 1 heterocycles. The summed E-state index contributed by atoms with van der Waals surface area (Å²) in [5.41, 5.74) is 0.847. The predicted molar refractivity (Wildman–Crippen MR) is 93.7 cm³/mol. The van der Waals surface area contributed by atoms with Crippen molar-refractivity contribution in [1.82, 2.24) is 5.32 Å². The van der Waals surface area contributed by atoms with Gasteiger partial charge in [0.2, 0.25) is 0 Å². The summed E-state index contributed by atoms with van der Waals surface area (Å²) in [6, 6.07) is 12.7. The minimum atomic E-state index is -1.62. The van der Waals surface area contributed by atoms with E-state index in [1.54, 1.807) is 13.2 Å². The molecule has 2 aromatic rings. The average Bonchev–Trinajstić information content (AvgIpc) is 2.61. The fraction of sp³-hybridized carbons (Fsp3) is 0.263. The number of amides is 2. The lowest BCUT2D eigenvalue weighted by atomic mass is 10.0. The largest absolute Gasteiger partial charge is 0.497 e. The summed E-state index contributed by atoms with van der Waals surface area (Å²) < 4.78 is 10.8. The van der Waals surface area contributed by atoms with Crippen LogP contribution in [-0.2, 0) is 16.1 Å². The van der Waals surface area contributed by atoms with Crippen LogP contribution in [-0.4, -0.2) is 24.5 Å². The molecule has 6 heteroatoms. The zero-order chi connectivity index (χ0) is 18.0. The standard InChI is InChI=1S/C19H20N2O4/c1-12-4-9-16-15(10-12)21-18(23)19(2,25-16)17(22)20-11-13-5-7-14(24-3)8-6-13/h4-10H,11H2,1-3H3,(H,20,22)(H,21,23). The van der Waals surface area contributed by atoms with E-state index in [0.717, 1.165) is 16.9 Å². The molecule has 130 valence electrons. The van der Waals surface area contributed by atoms with Gasteiger partial charge in [-0.3, -0.25) is 9.59 Å². The third kappa shape index (κ3) is 3.28. The van der Waals surface area contributed by atoms with Gasteiger partial charge in [-0.2, -0.15) is 0 Å². The maximum atomic E-state index is 12.6. The van der Waals surface area contributed by atoms with E-state index >= 15 is 0 Å². The van der Waals surface area contributed by atoms with Gasteiger partial charge in [0.15, 0.2) is 0 Å². The number of aryl methyl sites for hydroxylation is 1. The van der Waals surface area contributed by atoms with Crippen molar-refractivity contribution in [1.29, 1.82) is 0 Å². The van der Waals surface area contributed by atoms with E-state index in [1.165, 1.54) is 6.92 Å². The molecule has 0 fully saturated rings. The Bertz CT molecular complexity index is 817. The molecule has 1 atom stereocenters. The molecule has 0 aromatic heterocycles. The first-order chi connectivity index (χ1) is 11.9. The summed E-state index contributed by atoms with van der Waals surface area (Å²) in [6.07, 6.45) is 0. The number of ether oxygens (including phenoxy) is 2. The number of methoxy groups -OCH3 is 1. The normalized spacial score (nSPS) is 18.6. The van der Waals surface area contributed by atoms with Crippen LogP contribution in [0.2, 0.25) is 0 Å². The maximum absolute atomic E-state index is 12.6. The Morgan fingerprint density at radius 2 is 1.96 bits per heavy atom. The van der Waals surface area contributed by atoms with Gasteiger partial charge in [0.1, 0.15) is 11.5 Å². The molecule has 0 saturated carbocycles. The van der Waals surface area contributed by atoms with Crippen LogP contribution in [0.3, 0.4) is 0 Å². The summed E-state index contributed by atoms with van der Waals surface area (Å²) in [7, 11) is 1.59. The van der Waals surface area contributed by atoms with Crippen molar-refractivity contribution < 1.29 is 19.1 Å². The molecule has 1 aliphatic rings. The number of anilines is 1. The summed E-state index contributed by atoms with van der Waals surface area (Å²) >= 11 is 0. The summed E-state index contributed by atoms with van der Waals surface area (Å²) in [5, 5.41) is 5.50. The van der Waals surface area contributed by atoms with E-state index in [9.17, 15) is 9.59 Å². The lowest BCUT2D eigenvalue weighted by Crippen LogP contribution is -2.58. The van der Waals surface area contributed by atoms with Gasteiger partial charge in [0.05, 0.1) is 12.8 Å². The number of hydrogen-bond donors (Lipinski definition) is 2. The van der Waals surface area contributed by atoms with E-state index in [2.05, 4.69) is 10.6 Å². The van der Waals surface area contributed by atoms with Crippen LogP contribution in [0.25, 0.3) is 0 Å². The molecule has 0 bridgehead atoms. The van der Waals surface area contributed by atoms with Crippen molar-refractivity contribution in [2.75, 3.05) is 12.4 Å². The quantitative estimate of drug-likeness (QED) is 0.838. The van der Waals surface area contributed by atoms with Crippen LogP contribution in [0.1, 0.15) is 18.1 Å². The first-order valence-electron chi connectivity index (χ1n) is 7.95. The topological polar surface area (TPSA) is 76.7 Å². The zero-order valence-electron chi connectivity index (χ0n) is 14.4. The molecular formula is C19H20N2O4. The smallest absolute Gasteiger partial charge is 0.278 e. The van der Waals surface area contributed by atoms with E-state index in [0.29, 0.717) is 11.4 Å². The molecule has 1 aliphatic heterocycles. The highest BCUT2D eigenvalue weighted by Gasteiger charge is 2.47. The highest BCUT2D eigenvalue weighted by molar-refractivity contribution is 6.15. The van der Waals surface area contributed by atoms with E-state index in [-0.39, 0.29) is 6.54 Å². The van der Waals surface area contributed by atoms with Crippen molar-refractivity contribution in [3.63, 3.8) is 0 Å². The molecule has 1 unspecified atom stereocenters. The summed E-state index contributed by atoms with van der Waals surface area (Å²) in [5.74, 6) is 0.237. The Kier molecular flexibility index (Phi) is 4.35. The Balaban J connectivity index is 1.72. The third-order valence-electron chi connectivity index (χ3n) is 4.18. The van der Waals surface area contributed by atoms with Gasteiger partial charge in [0, 0.05) is 6.54 Å². The average molecular weight is 340 g/mol. The number of hydrogen-bond acceptors (Lipinski definition) is 4. The molecule has 0 spiro atoms. The molecule has 0 radical (unpaired) electrons. The SMILES string of the molecule is COc1ccc(CNC(=O)C2(C)Oc3ccc(C)cc3NC2=O)cc1. The Morgan fingerprint density at radius 3 is 2.64 bits per heavy atom. The van der Waals surface area contributed by atoms with Crippen LogP contribution in [0.15, 0.2) is 42.5 Å². The van der Waals surface area contributed by atoms with Crippen molar-refractivity contribution in [3.8, 4) is 11.5 Å². The van der Waals surface area contributed by atoms with Crippen molar-refractivity contribution in [2.24, 2.45) is 0 Å². The second kappa shape index (κ2) is 6.47. The molecule has 25 heavy (non-hydrogen) atoms. The van der Waals surface area contributed by atoms with Gasteiger partial charge in [-0.05, 0) is 49.2 Å². The maximum Gasteiger partial charge on any atom is 0.278 e. The van der Waals surface area contributed by atoms with E-state index in [4.69, 9.17) is 9.47 Å². The monoisotopic (exact) mass is 340 g/mol.